The molecule has 2 rings (SSSR count). The second kappa shape index (κ2) is 5.11. The molecule has 2 aromatic carbocycles. The summed E-state index contributed by atoms with van der Waals surface area (Å²) in [7, 11) is 0. The first-order chi connectivity index (χ1) is 8.60. The largest absolute Gasteiger partial charge is 0.397 e. The second-order valence-electron chi connectivity index (χ2n) is 4.02. The van der Waals surface area contributed by atoms with E-state index in [1.165, 1.54) is 5.56 Å². The SMILES string of the molecule is Cc1ccc(Nc2ccc(C#N)cc2N)c(Br)c1. The van der Waals surface area contributed by atoms with Crippen molar-refractivity contribution in [3.63, 3.8) is 0 Å². The lowest BCUT2D eigenvalue weighted by atomic mass is 10.1. The lowest BCUT2D eigenvalue weighted by molar-refractivity contribution is 1.43. The molecule has 3 nitrogen and oxygen atoms in total. The van der Waals surface area contributed by atoms with Crippen LogP contribution < -0.4 is 11.1 Å². The number of nitrogens with zero attached hydrogens (tertiary/aromatic N) is 1. The predicted molar refractivity (Wildman–Crippen MR) is 77.7 cm³/mol. The van der Waals surface area contributed by atoms with Crippen LogP contribution in [0.25, 0.3) is 0 Å². The topological polar surface area (TPSA) is 61.8 Å². The monoisotopic (exact) mass is 301 g/mol. The van der Waals surface area contributed by atoms with Crippen LogP contribution in [0.3, 0.4) is 0 Å². The van der Waals surface area contributed by atoms with Crippen molar-refractivity contribution in [3.05, 3.63) is 52.0 Å². The first-order valence-electron chi connectivity index (χ1n) is 5.43. The maximum atomic E-state index is 8.78. The molecule has 0 bridgehead atoms. The van der Waals surface area contributed by atoms with Crippen molar-refractivity contribution in [2.24, 2.45) is 0 Å². The molecule has 2 aromatic rings. The number of benzene rings is 2. The van der Waals surface area contributed by atoms with Gasteiger partial charge in [0.25, 0.3) is 0 Å². The molecular formula is C14H12BrN3. The molecule has 0 aliphatic rings. The number of nitrogens with two attached hydrogens (primary N) is 1. The Morgan fingerprint density at radius 1 is 1.17 bits per heavy atom. The van der Waals surface area contributed by atoms with Gasteiger partial charge in [-0.1, -0.05) is 6.07 Å². The number of nitrogen functional groups attached to an aromatic ring is 1. The van der Waals surface area contributed by atoms with E-state index < -0.39 is 0 Å². The van der Waals surface area contributed by atoms with E-state index in [4.69, 9.17) is 11.0 Å². The molecule has 90 valence electrons. The highest BCUT2D eigenvalue weighted by molar-refractivity contribution is 9.10. The molecule has 0 aliphatic heterocycles. The fourth-order valence-electron chi connectivity index (χ4n) is 1.61. The van der Waals surface area contributed by atoms with Crippen molar-refractivity contribution in [1.82, 2.24) is 0 Å². The Morgan fingerprint density at radius 2 is 1.89 bits per heavy atom. The van der Waals surface area contributed by atoms with Gasteiger partial charge < -0.3 is 11.1 Å². The summed E-state index contributed by atoms with van der Waals surface area (Å²) in [4.78, 5) is 0. The molecule has 0 spiro atoms. The molecule has 0 aromatic heterocycles. The summed E-state index contributed by atoms with van der Waals surface area (Å²) in [6.45, 7) is 2.03. The molecule has 0 amide bonds. The van der Waals surface area contributed by atoms with Crippen molar-refractivity contribution in [2.75, 3.05) is 11.1 Å². The van der Waals surface area contributed by atoms with Gasteiger partial charge in [0.15, 0.2) is 0 Å². The summed E-state index contributed by atoms with van der Waals surface area (Å²) in [6.07, 6.45) is 0. The highest BCUT2D eigenvalue weighted by Gasteiger charge is 2.04. The number of aryl methyl sites for hydroxylation is 1. The first kappa shape index (κ1) is 12.5. The van der Waals surface area contributed by atoms with Crippen molar-refractivity contribution in [1.29, 1.82) is 5.26 Å². The summed E-state index contributed by atoms with van der Waals surface area (Å²) < 4.78 is 0.978. The zero-order valence-corrected chi connectivity index (χ0v) is 11.5. The molecule has 0 radical (unpaired) electrons. The Labute approximate surface area is 114 Å². The van der Waals surface area contributed by atoms with E-state index in [1.807, 2.05) is 25.1 Å². The minimum atomic E-state index is 0.557. The van der Waals surface area contributed by atoms with Gasteiger partial charge in [0.1, 0.15) is 0 Å². The van der Waals surface area contributed by atoms with Gasteiger partial charge >= 0.3 is 0 Å². The quantitative estimate of drug-likeness (QED) is 0.826. The van der Waals surface area contributed by atoms with Gasteiger partial charge in [-0.2, -0.15) is 5.26 Å². The van der Waals surface area contributed by atoms with Crippen LogP contribution in [0.1, 0.15) is 11.1 Å². The summed E-state index contributed by atoms with van der Waals surface area (Å²) in [5, 5.41) is 12.0. The van der Waals surface area contributed by atoms with Gasteiger partial charge in [-0.15, -0.1) is 0 Å². The fourth-order valence-corrected chi connectivity index (χ4v) is 2.21. The lowest BCUT2D eigenvalue weighted by Gasteiger charge is -2.11. The molecule has 18 heavy (non-hydrogen) atoms. The van der Waals surface area contributed by atoms with Gasteiger partial charge in [0.05, 0.1) is 28.7 Å². The van der Waals surface area contributed by atoms with Crippen LogP contribution in [0.5, 0.6) is 0 Å². The average molecular weight is 302 g/mol. The van der Waals surface area contributed by atoms with Crippen LogP contribution in [-0.2, 0) is 0 Å². The second-order valence-corrected chi connectivity index (χ2v) is 4.88. The number of anilines is 3. The third-order valence-corrected chi connectivity index (χ3v) is 3.23. The Balaban J connectivity index is 2.32. The van der Waals surface area contributed by atoms with E-state index in [0.29, 0.717) is 11.3 Å². The molecule has 0 atom stereocenters. The van der Waals surface area contributed by atoms with E-state index in [9.17, 15) is 0 Å². The minimum Gasteiger partial charge on any atom is -0.397 e. The maximum Gasteiger partial charge on any atom is 0.0992 e. The maximum absolute atomic E-state index is 8.78. The number of hydrogen-bond acceptors (Lipinski definition) is 3. The van der Waals surface area contributed by atoms with Gasteiger partial charge in [-0.3, -0.25) is 0 Å². The van der Waals surface area contributed by atoms with E-state index >= 15 is 0 Å². The number of halogens is 1. The van der Waals surface area contributed by atoms with Crippen molar-refractivity contribution < 1.29 is 0 Å². The molecular weight excluding hydrogens is 290 g/mol. The van der Waals surface area contributed by atoms with E-state index in [0.717, 1.165) is 15.8 Å². The van der Waals surface area contributed by atoms with Crippen molar-refractivity contribution in [2.45, 2.75) is 6.92 Å². The van der Waals surface area contributed by atoms with Crippen LogP contribution in [0.2, 0.25) is 0 Å². The smallest absolute Gasteiger partial charge is 0.0992 e. The molecule has 0 heterocycles. The van der Waals surface area contributed by atoms with Crippen LogP contribution in [0, 0.1) is 18.3 Å². The van der Waals surface area contributed by atoms with Crippen LogP contribution in [-0.4, -0.2) is 0 Å². The molecule has 0 aliphatic carbocycles. The van der Waals surface area contributed by atoms with Crippen LogP contribution in [0.4, 0.5) is 17.1 Å². The standard InChI is InChI=1S/C14H12BrN3/c1-9-2-4-13(11(15)6-9)18-14-5-3-10(8-16)7-12(14)17/h2-7,18H,17H2,1H3. The first-order valence-corrected chi connectivity index (χ1v) is 6.22. The summed E-state index contributed by atoms with van der Waals surface area (Å²) >= 11 is 3.50. The summed E-state index contributed by atoms with van der Waals surface area (Å²) in [5.41, 5.74) is 9.92. The molecule has 0 fully saturated rings. The predicted octanol–water partition coefficient (Wildman–Crippen LogP) is 3.96. The third kappa shape index (κ3) is 2.63. The summed E-state index contributed by atoms with van der Waals surface area (Å²) in [6, 6.07) is 13.3. The van der Waals surface area contributed by atoms with Gasteiger partial charge in [-0.25, -0.2) is 0 Å². The normalized spacial score (nSPS) is 9.83. The van der Waals surface area contributed by atoms with Gasteiger partial charge in [0, 0.05) is 4.47 Å². The van der Waals surface area contributed by atoms with Crippen molar-refractivity contribution >= 4 is 33.0 Å². The van der Waals surface area contributed by atoms with Gasteiger partial charge in [-0.05, 0) is 58.7 Å². The van der Waals surface area contributed by atoms with Gasteiger partial charge in [0.2, 0.25) is 0 Å². The van der Waals surface area contributed by atoms with Crippen LogP contribution >= 0.6 is 15.9 Å². The molecule has 0 saturated carbocycles. The van der Waals surface area contributed by atoms with E-state index in [2.05, 4.69) is 27.3 Å². The Hall–Kier alpha value is -1.99. The highest BCUT2D eigenvalue weighted by atomic mass is 79.9. The number of hydrogen-bond donors (Lipinski definition) is 2. The Kier molecular flexibility index (Phi) is 3.54. The number of rotatable bonds is 2. The molecule has 0 saturated heterocycles. The fraction of sp³-hybridized carbons (Fsp3) is 0.0714. The summed E-state index contributed by atoms with van der Waals surface area (Å²) in [5.74, 6) is 0. The molecule has 0 unspecified atom stereocenters. The molecule has 4 heteroatoms. The number of nitrogens with one attached hydrogen (secondary N) is 1. The third-order valence-electron chi connectivity index (χ3n) is 2.57. The zero-order valence-electron chi connectivity index (χ0n) is 9.87. The zero-order chi connectivity index (χ0) is 13.1. The van der Waals surface area contributed by atoms with E-state index in [-0.39, 0.29) is 0 Å². The van der Waals surface area contributed by atoms with Crippen molar-refractivity contribution in [3.8, 4) is 6.07 Å². The molecule has 3 N–H and O–H groups in total. The average Bonchev–Trinajstić information content (AvgIpc) is 2.34. The highest BCUT2D eigenvalue weighted by Crippen LogP contribution is 2.29. The number of nitriles is 1. The van der Waals surface area contributed by atoms with E-state index in [1.54, 1.807) is 18.2 Å². The Morgan fingerprint density at radius 3 is 2.50 bits per heavy atom. The Bertz CT molecular complexity index is 629. The minimum absolute atomic E-state index is 0.557. The lowest BCUT2D eigenvalue weighted by Crippen LogP contribution is -1.97. The van der Waals surface area contributed by atoms with Crippen LogP contribution in [0.15, 0.2) is 40.9 Å².